The average molecular weight is 205 g/mol. The summed E-state index contributed by atoms with van der Waals surface area (Å²) in [6, 6.07) is 0. The smallest absolute Gasteiger partial charge is 0.00881 e. The van der Waals surface area contributed by atoms with E-state index in [-0.39, 0.29) is 0 Å². The molecule has 1 fully saturated rings. The van der Waals surface area contributed by atoms with Gasteiger partial charge in [0.2, 0.25) is 0 Å². The molecule has 0 nitrogen and oxygen atoms in total. The van der Waals surface area contributed by atoms with Crippen LogP contribution in [0.5, 0.6) is 0 Å². The van der Waals surface area contributed by atoms with Crippen LogP contribution in [-0.4, -0.2) is 5.33 Å². The monoisotopic (exact) mass is 204 g/mol. The topological polar surface area (TPSA) is 0 Å². The van der Waals surface area contributed by atoms with Gasteiger partial charge >= 0.3 is 0 Å². The van der Waals surface area contributed by atoms with Crippen LogP contribution in [0.15, 0.2) is 0 Å². The van der Waals surface area contributed by atoms with Crippen molar-refractivity contribution in [3.05, 3.63) is 0 Å². The number of hydrogen-bond acceptors (Lipinski definition) is 0. The minimum Gasteiger partial charge on any atom is -0.0922 e. The molecule has 0 amide bonds. The van der Waals surface area contributed by atoms with Crippen molar-refractivity contribution in [1.82, 2.24) is 0 Å². The van der Waals surface area contributed by atoms with E-state index in [0.29, 0.717) is 5.41 Å². The normalized spacial score (nSPS) is 39.3. The molecule has 1 rings (SSSR count). The van der Waals surface area contributed by atoms with Crippen molar-refractivity contribution in [2.24, 2.45) is 11.3 Å². The zero-order chi connectivity index (χ0) is 7.61. The van der Waals surface area contributed by atoms with E-state index in [9.17, 15) is 0 Å². The van der Waals surface area contributed by atoms with Gasteiger partial charge in [-0.3, -0.25) is 0 Å². The van der Waals surface area contributed by atoms with Crippen LogP contribution in [0.4, 0.5) is 0 Å². The lowest BCUT2D eigenvalue weighted by Crippen LogP contribution is -2.37. The van der Waals surface area contributed by atoms with Gasteiger partial charge in [-0.05, 0) is 30.6 Å². The molecule has 1 saturated carbocycles. The standard InChI is InChI=1S/C9H17Br/c1-3-4-9(7-10)5-8(2)6-9/h8H,3-7H2,1-2H3. The van der Waals surface area contributed by atoms with Crippen molar-refractivity contribution in [3.63, 3.8) is 0 Å². The van der Waals surface area contributed by atoms with Gasteiger partial charge in [0, 0.05) is 5.33 Å². The third-order valence-corrected chi connectivity index (χ3v) is 3.82. The highest BCUT2D eigenvalue weighted by Crippen LogP contribution is 2.49. The van der Waals surface area contributed by atoms with Crippen LogP contribution in [0.25, 0.3) is 0 Å². The van der Waals surface area contributed by atoms with Gasteiger partial charge in [0.1, 0.15) is 0 Å². The third kappa shape index (κ3) is 1.55. The third-order valence-electron chi connectivity index (χ3n) is 2.63. The summed E-state index contributed by atoms with van der Waals surface area (Å²) in [7, 11) is 0. The molecule has 0 heterocycles. The minimum absolute atomic E-state index is 0.703. The first-order chi connectivity index (χ1) is 4.72. The van der Waals surface area contributed by atoms with E-state index in [0.717, 1.165) is 5.92 Å². The summed E-state index contributed by atoms with van der Waals surface area (Å²) >= 11 is 3.61. The maximum absolute atomic E-state index is 3.61. The van der Waals surface area contributed by atoms with Crippen molar-refractivity contribution in [2.75, 3.05) is 5.33 Å². The Hall–Kier alpha value is 0.480. The molecule has 0 radical (unpaired) electrons. The summed E-state index contributed by atoms with van der Waals surface area (Å²) in [5, 5.41) is 1.22. The fourth-order valence-electron chi connectivity index (χ4n) is 2.33. The SMILES string of the molecule is CCCC1(CBr)CC(C)C1. The first-order valence-electron chi connectivity index (χ1n) is 4.28. The number of alkyl halides is 1. The molecule has 0 aliphatic heterocycles. The molecular formula is C9H17Br. The van der Waals surface area contributed by atoms with E-state index < -0.39 is 0 Å². The molecule has 0 aromatic rings. The highest BCUT2D eigenvalue weighted by Gasteiger charge is 2.39. The van der Waals surface area contributed by atoms with Gasteiger partial charge in [-0.25, -0.2) is 0 Å². The molecule has 0 spiro atoms. The first-order valence-corrected chi connectivity index (χ1v) is 5.40. The first kappa shape index (κ1) is 8.58. The molecule has 0 saturated heterocycles. The molecule has 0 bridgehead atoms. The molecule has 0 N–H and O–H groups in total. The molecule has 0 unspecified atom stereocenters. The zero-order valence-electron chi connectivity index (χ0n) is 6.99. The molecule has 1 aliphatic rings. The Bertz CT molecular complexity index is 97.8. The van der Waals surface area contributed by atoms with Crippen LogP contribution in [-0.2, 0) is 0 Å². The van der Waals surface area contributed by atoms with Gasteiger partial charge in [0.15, 0.2) is 0 Å². The van der Waals surface area contributed by atoms with Crippen molar-refractivity contribution < 1.29 is 0 Å². The summed E-state index contributed by atoms with van der Waals surface area (Å²) in [5.41, 5.74) is 0.703. The predicted octanol–water partition coefficient (Wildman–Crippen LogP) is 3.60. The highest BCUT2D eigenvalue weighted by molar-refractivity contribution is 9.09. The highest BCUT2D eigenvalue weighted by atomic mass is 79.9. The fourth-order valence-corrected chi connectivity index (χ4v) is 3.07. The van der Waals surface area contributed by atoms with Gasteiger partial charge in [0.25, 0.3) is 0 Å². The Kier molecular flexibility index (Phi) is 2.79. The summed E-state index contributed by atoms with van der Waals surface area (Å²) < 4.78 is 0. The maximum atomic E-state index is 3.61. The van der Waals surface area contributed by atoms with Crippen LogP contribution < -0.4 is 0 Å². The Morgan fingerprint density at radius 2 is 2.10 bits per heavy atom. The molecule has 1 heteroatoms. The van der Waals surface area contributed by atoms with Crippen LogP contribution in [0.3, 0.4) is 0 Å². The molecule has 0 aromatic carbocycles. The van der Waals surface area contributed by atoms with Crippen molar-refractivity contribution in [1.29, 1.82) is 0 Å². The molecule has 60 valence electrons. The number of rotatable bonds is 3. The van der Waals surface area contributed by atoms with Crippen LogP contribution in [0.2, 0.25) is 0 Å². The van der Waals surface area contributed by atoms with Crippen LogP contribution >= 0.6 is 15.9 Å². The lowest BCUT2D eigenvalue weighted by Gasteiger charge is -2.45. The van der Waals surface area contributed by atoms with Crippen molar-refractivity contribution in [3.8, 4) is 0 Å². The Balaban J connectivity index is 2.32. The molecule has 0 aromatic heterocycles. The lowest BCUT2D eigenvalue weighted by atomic mass is 9.62. The predicted molar refractivity (Wildman–Crippen MR) is 49.5 cm³/mol. The zero-order valence-corrected chi connectivity index (χ0v) is 8.58. The van der Waals surface area contributed by atoms with E-state index in [1.165, 1.54) is 31.0 Å². The Morgan fingerprint density at radius 3 is 2.40 bits per heavy atom. The average Bonchev–Trinajstić information content (AvgIpc) is 1.84. The summed E-state index contributed by atoms with van der Waals surface area (Å²) in [5.74, 6) is 0.990. The van der Waals surface area contributed by atoms with Gasteiger partial charge in [-0.2, -0.15) is 0 Å². The lowest BCUT2D eigenvalue weighted by molar-refractivity contribution is 0.0836. The molecule has 10 heavy (non-hydrogen) atoms. The molecule has 0 atom stereocenters. The minimum atomic E-state index is 0.703. The van der Waals surface area contributed by atoms with E-state index in [2.05, 4.69) is 29.8 Å². The maximum Gasteiger partial charge on any atom is 0.00881 e. The van der Waals surface area contributed by atoms with Gasteiger partial charge in [0.05, 0.1) is 0 Å². The largest absolute Gasteiger partial charge is 0.0922 e. The van der Waals surface area contributed by atoms with Crippen molar-refractivity contribution in [2.45, 2.75) is 39.5 Å². The summed E-state index contributed by atoms with van der Waals surface area (Å²) in [6.07, 6.45) is 5.67. The van der Waals surface area contributed by atoms with Gasteiger partial charge < -0.3 is 0 Å². The number of halogens is 1. The van der Waals surface area contributed by atoms with E-state index in [1.54, 1.807) is 0 Å². The summed E-state index contributed by atoms with van der Waals surface area (Å²) in [4.78, 5) is 0. The number of hydrogen-bond donors (Lipinski definition) is 0. The molecule has 1 aliphatic carbocycles. The fraction of sp³-hybridized carbons (Fsp3) is 1.00. The second-order valence-corrected chi connectivity index (χ2v) is 4.46. The van der Waals surface area contributed by atoms with E-state index in [4.69, 9.17) is 0 Å². The van der Waals surface area contributed by atoms with E-state index >= 15 is 0 Å². The second kappa shape index (κ2) is 3.25. The van der Waals surface area contributed by atoms with Gasteiger partial charge in [-0.15, -0.1) is 0 Å². The van der Waals surface area contributed by atoms with Crippen LogP contribution in [0, 0.1) is 11.3 Å². The Morgan fingerprint density at radius 1 is 1.50 bits per heavy atom. The second-order valence-electron chi connectivity index (χ2n) is 3.90. The molecular weight excluding hydrogens is 188 g/mol. The van der Waals surface area contributed by atoms with Crippen molar-refractivity contribution >= 4 is 15.9 Å². The van der Waals surface area contributed by atoms with E-state index in [1.807, 2.05) is 0 Å². The quantitative estimate of drug-likeness (QED) is 0.617. The Labute approximate surface area is 72.5 Å². The van der Waals surface area contributed by atoms with Crippen LogP contribution in [0.1, 0.15) is 39.5 Å². The van der Waals surface area contributed by atoms with Gasteiger partial charge in [-0.1, -0.05) is 36.2 Å². The summed E-state index contributed by atoms with van der Waals surface area (Å²) in [6.45, 7) is 4.64.